The van der Waals surface area contributed by atoms with Crippen LogP contribution in [0.3, 0.4) is 0 Å². The first-order chi connectivity index (χ1) is 35.9. The quantitative estimate of drug-likeness (QED) is 0.0574. The number of carbonyl (C=O) groups excluding carboxylic acids is 3. The number of ether oxygens (including phenoxy) is 4. The molecular weight excluding hydrogens is 1160 g/mol. The second-order valence-electron chi connectivity index (χ2n) is 24.6. The van der Waals surface area contributed by atoms with E-state index in [1.54, 1.807) is 65.9 Å². The van der Waals surface area contributed by atoms with Gasteiger partial charge in [-0.2, -0.15) is 0 Å². The van der Waals surface area contributed by atoms with E-state index >= 15 is 4.39 Å². The SMILES string of the molecule is CC(C)(C)OC(=O)N[C@H]1CCN(c2cnc3c(I)cn(COCC[Si](C)(C)C)c3n2)C[C@H]1F.CN1Cc2c(ccc(-c3cn(COCC[Si](C)(C)C)c4nc(N5CC[C@H](NC(=O)OC(C)(C)C)[C@H](F)C5)cnc34)c2Cl)C1=O. The first kappa shape index (κ1) is 60.0. The van der Waals surface area contributed by atoms with Crippen LogP contribution in [0.5, 0.6) is 0 Å². The zero-order valence-electron chi connectivity index (χ0n) is 46.9. The van der Waals surface area contributed by atoms with Crippen LogP contribution >= 0.6 is 34.2 Å². The number of hydrogen-bond acceptors (Lipinski definition) is 13. The molecule has 1 aromatic carbocycles. The van der Waals surface area contributed by atoms with Gasteiger partial charge in [-0.1, -0.05) is 56.9 Å². The predicted octanol–water partition coefficient (Wildman–Crippen LogP) is 10.9. The third-order valence-corrected chi connectivity index (χ3v) is 17.8. The molecule has 0 radical (unpaired) electrons. The minimum absolute atomic E-state index is 0.0488. The summed E-state index contributed by atoms with van der Waals surface area (Å²) in [5.41, 5.74) is 4.45. The van der Waals surface area contributed by atoms with Crippen molar-refractivity contribution in [1.82, 2.24) is 44.6 Å². The van der Waals surface area contributed by atoms with Crippen molar-refractivity contribution in [1.29, 1.82) is 0 Å². The molecule has 3 aliphatic rings. The smallest absolute Gasteiger partial charge is 0.407 e. The third-order valence-electron chi connectivity index (χ3n) is 13.2. The van der Waals surface area contributed by atoms with Crippen molar-refractivity contribution in [2.45, 2.75) is 161 Å². The van der Waals surface area contributed by atoms with Crippen molar-refractivity contribution in [3.8, 4) is 11.1 Å². The van der Waals surface area contributed by atoms with Gasteiger partial charge in [0.2, 0.25) is 0 Å². The number of halogens is 4. The van der Waals surface area contributed by atoms with Crippen molar-refractivity contribution in [2.75, 3.05) is 56.2 Å². The molecule has 0 saturated carbocycles. The van der Waals surface area contributed by atoms with Crippen LogP contribution in [-0.2, 0) is 39.0 Å². The summed E-state index contributed by atoms with van der Waals surface area (Å²) in [4.78, 5) is 61.3. The molecule has 8 rings (SSSR count). The summed E-state index contributed by atoms with van der Waals surface area (Å²) in [5, 5.41) is 5.85. The summed E-state index contributed by atoms with van der Waals surface area (Å²) < 4.78 is 57.6. The van der Waals surface area contributed by atoms with Gasteiger partial charge in [0.15, 0.2) is 11.3 Å². The Balaban J connectivity index is 0.000000233. The highest BCUT2D eigenvalue weighted by atomic mass is 127. The van der Waals surface area contributed by atoms with Crippen LogP contribution in [-0.4, -0.2) is 150 Å². The lowest BCUT2D eigenvalue weighted by molar-refractivity contribution is 0.0453. The summed E-state index contributed by atoms with van der Waals surface area (Å²) in [6.45, 7) is 28.3. The molecule has 0 spiro atoms. The molecule has 4 atom stereocenters. The highest BCUT2D eigenvalue weighted by molar-refractivity contribution is 14.1. The number of nitrogens with zero attached hydrogens (tertiary/aromatic N) is 9. The summed E-state index contributed by atoms with van der Waals surface area (Å²) in [7, 11) is -0.672. The van der Waals surface area contributed by atoms with E-state index in [0.717, 1.165) is 50.1 Å². The second-order valence-corrected chi connectivity index (χ2v) is 37.4. The summed E-state index contributed by atoms with van der Waals surface area (Å²) >= 11 is 9.16. The number of carbonyl (C=O) groups is 3. The van der Waals surface area contributed by atoms with Gasteiger partial charge in [0.25, 0.3) is 5.91 Å². The summed E-state index contributed by atoms with van der Waals surface area (Å²) in [6, 6.07) is 4.56. The Labute approximate surface area is 471 Å². The molecule has 3 aliphatic heterocycles. The number of anilines is 2. The zero-order chi connectivity index (χ0) is 56.4. The molecule has 0 unspecified atom stereocenters. The highest BCUT2D eigenvalue weighted by Gasteiger charge is 2.35. The molecule has 5 aromatic rings. The molecule has 0 bridgehead atoms. The molecule has 0 aliphatic carbocycles. The monoisotopic (exact) mass is 1240 g/mol. The molecule has 18 nitrogen and oxygen atoms in total. The van der Waals surface area contributed by atoms with Crippen molar-refractivity contribution in [3.63, 3.8) is 0 Å². The lowest BCUT2D eigenvalue weighted by Crippen LogP contribution is -2.53. The van der Waals surface area contributed by atoms with E-state index in [1.807, 2.05) is 43.5 Å². The average Bonchev–Trinajstić information content (AvgIpc) is 3.95. The van der Waals surface area contributed by atoms with Crippen LogP contribution < -0.4 is 20.4 Å². The number of alkyl halides is 2. The Hall–Kier alpha value is -4.70. The third kappa shape index (κ3) is 16.0. The maximum Gasteiger partial charge on any atom is 0.407 e. The van der Waals surface area contributed by atoms with Gasteiger partial charge in [0, 0.05) is 90.7 Å². The van der Waals surface area contributed by atoms with Crippen LogP contribution in [0.25, 0.3) is 33.5 Å². The molecule has 4 aromatic heterocycles. The van der Waals surface area contributed by atoms with Crippen molar-refractivity contribution in [2.24, 2.45) is 0 Å². The molecule has 2 fully saturated rings. The first-order valence-corrected chi connectivity index (χ1v) is 35.2. The van der Waals surface area contributed by atoms with Crippen molar-refractivity contribution < 1.29 is 42.1 Å². The van der Waals surface area contributed by atoms with E-state index in [2.05, 4.69) is 77.5 Å². The minimum Gasteiger partial charge on any atom is -0.444 e. The highest BCUT2D eigenvalue weighted by Crippen LogP contribution is 2.40. The number of nitrogens with one attached hydrogen (secondary N) is 2. The Kier molecular flexibility index (Phi) is 19.0. The molecule has 2 saturated heterocycles. The molecule has 7 heterocycles. The van der Waals surface area contributed by atoms with Crippen LogP contribution in [0.15, 0.2) is 36.9 Å². The lowest BCUT2D eigenvalue weighted by atomic mass is 10.0. The summed E-state index contributed by atoms with van der Waals surface area (Å²) in [6.07, 6.45) is 4.34. The molecular formula is C53H77ClF2IN11O7Si2. The summed E-state index contributed by atoms with van der Waals surface area (Å²) in [5.74, 6) is 1.11. The molecule has 77 heavy (non-hydrogen) atoms. The van der Waals surface area contributed by atoms with Crippen molar-refractivity contribution in [3.05, 3.63) is 56.6 Å². The van der Waals surface area contributed by atoms with Gasteiger partial charge in [-0.05, 0) is 95.1 Å². The Morgan fingerprint density at radius 3 is 1.65 bits per heavy atom. The number of benzene rings is 1. The van der Waals surface area contributed by atoms with E-state index < -0.39 is 64.0 Å². The predicted molar refractivity (Wildman–Crippen MR) is 312 cm³/mol. The van der Waals surface area contributed by atoms with E-state index in [9.17, 15) is 18.8 Å². The van der Waals surface area contributed by atoms with Crippen molar-refractivity contribution >= 4 is 102 Å². The Morgan fingerprint density at radius 1 is 0.727 bits per heavy atom. The van der Waals surface area contributed by atoms with Gasteiger partial charge in [0.1, 0.15) is 59.7 Å². The number of alkyl carbamates (subject to hydrolysis) is 2. The number of amides is 3. The normalized spacial score (nSPS) is 19.3. The lowest BCUT2D eigenvalue weighted by Gasteiger charge is -2.35. The van der Waals surface area contributed by atoms with Crippen LogP contribution in [0.4, 0.5) is 30.0 Å². The second kappa shape index (κ2) is 24.4. The van der Waals surface area contributed by atoms with E-state index in [-0.39, 0.29) is 25.7 Å². The van der Waals surface area contributed by atoms with Gasteiger partial charge in [-0.25, -0.2) is 38.3 Å². The van der Waals surface area contributed by atoms with Crippen LogP contribution in [0, 0.1) is 3.57 Å². The number of fused-ring (bicyclic) bond motifs is 3. The van der Waals surface area contributed by atoms with E-state index in [1.165, 1.54) is 0 Å². The maximum absolute atomic E-state index is 15.3. The van der Waals surface area contributed by atoms with Gasteiger partial charge in [-0.3, -0.25) is 4.79 Å². The fraction of sp³-hybridized carbons (Fsp3) is 0.604. The number of aromatic nitrogens is 6. The van der Waals surface area contributed by atoms with E-state index in [4.69, 9.17) is 45.5 Å². The molecule has 24 heteroatoms. The van der Waals surface area contributed by atoms with Gasteiger partial charge < -0.3 is 53.4 Å². The van der Waals surface area contributed by atoms with Gasteiger partial charge in [0.05, 0.1) is 46.2 Å². The number of rotatable bonds is 15. The zero-order valence-corrected chi connectivity index (χ0v) is 51.8. The fourth-order valence-corrected chi connectivity index (χ4v) is 11.5. The largest absolute Gasteiger partial charge is 0.444 e. The van der Waals surface area contributed by atoms with Gasteiger partial charge >= 0.3 is 12.2 Å². The molecule has 2 N–H and O–H groups in total. The topological polar surface area (TPSA) is 183 Å². The van der Waals surface area contributed by atoms with E-state index in [0.29, 0.717) is 79.2 Å². The van der Waals surface area contributed by atoms with Crippen LogP contribution in [0.2, 0.25) is 56.4 Å². The minimum atomic E-state index is -1.31. The van der Waals surface area contributed by atoms with Crippen LogP contribution in [0.1, 0.15) is 70.3 Å². The first-order valence-electron chi connectivity index (χ1n) is 26.3. The van der Waals surface area contributed by atoms with Gasteiger partial charge in [-0.15, -0.1) is 0 Å². The Bertz CT molecular complexity index is 2920. The molecule has 3 amide bonds. The standard InChI is InChI=1S/C31H42ClFN6O4Si.C22H35FIN5O3Si/c1-31(2,3)43-30(41)35-24-10-11-38(17-23(24)33)25-14-34-27-22(16-39(28(27)36-25)18-42-12-13-44(5,6)7)19-8-9-20-21(26(19)32)15-37(4)29(20)40;1-22(2,3)32-21(30)26-17-7-8-28(12-15(17)23)18-11-25-19-16(24)13-29(20(19)27-18)14-31-9-10-33(4,5)6/h8-9,14,16,23-24H,10-13,15,17-18H2,1-7H3,(H,35,41);11,13,15,17H,7-10,12,14H2,1-6H3,(H,26,30)/t23-,24+;15-,17+/m11/s1. The Morgan fingerprint density at radius 2 is 1.18 bits per heavy atom. The number of piperidine rings is 2. The average molecular weight is 1240 g/mol. The maximum atomic E-state index is 15.3. The fourth-order valence-electron chi connectivity index (χ4n) is 8.99. The molecule has 422 valence electrons. The number of hydrogen-bond donors (Lipinski definition) is 2.